The first-order valence-corrected chi connectivity index (χ1v) is 21.8. The Balaban J connectivity index is 2.50. The fourth-order valence-electron chi connectivity index (χ4n) is 7.53. The van der Waals surface area contributed by atoms with Gasteiger partial charge in [0.05, 0.1) is 18.8 Å². The number of amides is 1. The number of hydrogen-bond acceptors (Lipinski definition) is 9. The molecular weight excluding hydrogens is 662 g/mol. The van der Waals surface area contributed by atoms with E-state index in [0.29, 0.717) is 12.8 Å². The van der Waals surface area contributed by atoms with Crippen LogP contribution in [0.5, 0.6) is 0 Å². The Labute approximate surface area is 317 Å². The molecule has 6 unspecified atom stereocenters. The van der Waals surface area contributed by atoms with E-state index in [1.54, 1.807) is 0 Å². The molecular formula is C42H83NO9. The maximum Gasteiger partial charge on any atom is 0.224 e. The van der Waals surface area contributed by atoms with Gasteiger partial charge in [0.15, 0.2) is 0 Å². The number of carbonyl (C=O) groups is 1. The normalized spacial score (nSPS) is 23.8. The van der Waals surface area contributed by atoms with Crippen LogP contribution < -0.4 is 5.32 Å². The first-order chi connectivity index (χ1) is 25.1. The second kappa shape index (κ2) is 31.4. The second-order valence-electron chi connectivity index (χ2n) is 15.9. The maximum absolute atomic E-state index is 13.0. The topological polar surface area (TPSA) is 180 Å². The summed E-state index contributed by atoms with van der Waals surface area (Å²) in [5.74, 6) is -3.26. The summed E-state index contributed by atoms with van der Waals surface area (Å²) in [7, 11) is 0. The molecule has 8 N–H and O–H groups in total. The lowest BCUT2D eigenvalue weighted by atomic mass is 9.84. The van der Waals surface area contributed by atoms with Crippen molar-refractivity contribution in [3.8, 4) is 0 Å². The van der Waals surface area contributed by atoms with Gasteiger partial charge < -0.3 is 45.8 Å². The van der Waals surface area contributed by atoms with Crippen molar-refractivity contribution < 1.29 is 45.3 Å². The molecule has 1 rings (SSSR count). The van der Waals surface area contributed by atoms with Crippen LogP contribution in [0.2, 0.25) is 0 Å². The van der Waals surface area contributed by atoms with Gasteiger partial charge in [-0.05, 0) is 12.8 Å². The van der Waals surface area contributed by atoms with Crippen molar-refractivity contribution in [3.63, 3.8) is 0 Å². The van der Waals surface area contributed by atoms with E-state index in [4.69, 9.17) is 4.74 Å². The van der Waals surface area contributed by atoms with Gasteiger partial charge in [-0.15, -0.1) is 0 Å². The Hall–Kier alpha value is -0.850. The third kappa shape index (κ3) is 20.7. The van der Waals surface area contributed by atoms with Crippen LogP contribution in [0.4, 0.5) is 0 Å². The fraction of sp³-hybridized carbons (Fsp3) is 0.976. The van der Waals surface area contributed by atoms with E-state index < -0.39 is 61.0 Å². The van der Waals surface area contributed by atoms with Crippen molar-refractivity contribution in [2.75, 3.05) is 6.61 Å². The lowest BCUT2D eigenvalue weighted by Gasteiger charge is -2.49. The van der Waals surface area contributed by atoms with Gasteiger partial charge in [-0.25, -0.2) is 0 Å². The lowest BCUT2D eigenvalue weighted by molar-refractivity contribution is -0.379. The average molecular weight is 746 g/mol. The minimum atomic E-state index is -2.85. The van der Waals surface area contributed by atoms with Gasteiger partial charge in [-0.1, -0.05) is 187 Å². The Kier molecular flexibility index (Phi) is 29.7. The minimum absolute atomic E-state index is 0.176. The SMILES string of the molecule is CCCCCCCCCCCCCCCCCC(=O)N[C@H](C(O)C1(O)OC(CO)C(O)C(O)C1O)[C@H](O)CCCCCCCCCCCCCCC. The molecule has 10 nitrogen and oxygen atoms in total. The third-order valence-electron chi connectivity index (χ3n) is 11.1. The number of aliphatic hydroxyl groups excluding tert-OH is 6. The van der Waals surface area contributed by atoms with Gasteiger partial charge in [0.1, 0.15) is 30.5 Å². The first kappa shape index (κ1) is 49.2. The molecule has 10 heteroatoms. The Morgan fingerprint density at radius 3 is 1.35 bits per heavy atom. The molecule has 0 saturated carbocycles. The van der Waals surface area contributed by atoms with E-state index in [1.165, 1.54) is 128 Å². The third-order valence-corrected chi connectivity index (χ3v) is 11.1. The van der Waals surface area contributed by atoms with Gasteiger partial charge in [0.25, 0.3) is 0 Å². The molecule has 8 atom stereocenters. The largest absolute Gasteiger partial charge is 0.394 e. The van der Waals surface area contributed by atoms with Crippen LogP contribution in [0.15, 0.2) is 0 Å². The van der Waals surface area contributed by atoms with E-state index in [1.807, 2.05) is 0 Å². The second-order valence-corrected chi connectivity index (χ2v) is 15.9. The molecule has 310 valence electrons. The number of hydrogen-bond donors (Lipinski definition) is 8. The molecule has 1 saturated heterocycles. The molecule has 0 aliphatic carbocycles. The summed E-state index contributed by atoms with van der Waals surface area (Å²) in [5.41, 5.74) is 0. The van der Waals surface area contributed by atoms with E-state index >= 15 is 0 Å². The standard InChI is InChI=1S/C42H83NO9/c1-3-5-7-9-11-13-15-17-18-20-22-24-26-28-30-32-36(46)43-37(40(49)42(51)41(50)39(48)38(47)35(33-44)52-42)34(45)31-29-27-25-23-21-19-16-14-12-10-8-6-4-2/h34-35,37-41,44-45,47-51H,3-33H2,1-2H3,(H,43,46)/t34-,35?,37+,38?,39?,40?,41?,42?/m1/s1. The van der Waals surface area contributed by atoms with E-state index in [2.05, 4.69) is 19.2 Å². The summed E-state index contributed by atoms with van der Waals surface area (Å²) < 4.78 is 5.34. The summed E-state index contributed by atoms with van der Waals surface area (Å²) in [6.45, 7) is 3.69. The highest BCUT2D eigenvalue weighted by Gasteiger charge is 2.58. The zero-order valence-electron chi connectivity index (χ0n) is 33.4. The Morgan fingerprint density at radius 1 is 0.596 bits per heavy atom. The van der Waals surface area contributed by atoms with Crippen LogP contribution in [0.3, 0.4) is 0 Å². The number of ether oxygens (including phenoxy) is 1. The van der Waals surface area contributed by atoms with Gasteiger partial charge in [0.2, 0.25) is 11.7 Å². The molecule has 0 aromatic carbocycles. The molecule has 1 aliphatic heterocycles. The monoisotopic (exact) mass is 746 g/mol. The van der Waals surface area contributed by atoms with Crippen LogP contribution in [0.1, 0.15) is 206 Å². The van der Waals surface area contributed by atoms with Crippen molar-refractivity contribution in [3.05, 3.63) is 0 Å². The van der Waals surface area contributed by atoms with Gasteiger partial charge in [-0.3, -0.25) is 4.79 Å². The quantitative estimate of drug-likeness (QED) is 0.0314. The zero-order valence-corrected chi connectivity index (χ0v) is 33.4. The van der Waals surface area contributed by atoms with E-state index in [9.17, 15) is 40.5 Å². The van der Waals surface area contributed by atoms with Crippen molar-refractivity contribution in [2.24, 2.45) is 0 Å². The molecule has 52 heavy (non-hydrogen) atoms. The highest BCUT2D eigenvalue weighted by atomic mass is 16.7. The van der Waals surface area contributed by atoms with Crippen LogP contribution in [-0.2, 0) is 9.53 Å². The molecule has 0 aromatic heterocycles. The highest BCUT2D eigenvalue weighted by Crippen LogP contribution is 2.33. The minimum Gasteiger partial charge on any atom is -0.394 e. The van der Waals surface area contributed by atoms with Crippen LogP contribution in [-0.4, -0.2) is 96.7 Å². The number of nitrogens with one attached hydrogen (secondary N) is 1. The summed E-state index contributed by atoms with van der Waals surface area (Å²) >= 11 is 0. The van der Waals surface area contributed by atoms with Crippen LogP contribution in [0, 0.1) is 0 Å². The first-order valence-electron chi connectivity index (χ1n) is 21.8. The molecule has 0 spiro atoms. The fourth-order valence-corrected chi connectivity index (χ4v) is 7.53. The van der Waals surface area contributed by atoms with Crippen LogP contribution in [0.25, 0.3) is 0 Å². The van der Waals surface area contributed by atoms with Gasteiger partial charge in [0, 0.05) is 6.42 Å². The summed E-state index contributed by atoms with van der Waals surface area (Å²) in [5, 5.41) is 77.3. The van der Waals surface area contributed by atoms with Crippen molar-refractivity contribution in [2.45, 2.75) is 255 Å². The van der Waals surface area contributed by atoms with Gasteiger partial charge in [-0.2, -0.15) is 0 Å². The average Bonchev–Trinajstić information content (AvgIpc) is 3.14. The molecule has 0 bridgehead atoms. The molecule has 0 radical (unpaired) electrons. The smallest absolute Gasteiger partial charge is 0.224 e. The number of aliphatic hydroxyl groups is 7. The summed E-state index contributed by atoms with van der Waals surface area (Å²) in [6, 6.07) is -1.41. The predicted octanol–water partition coefficient (Wildman–Crippen LogP) is 7.10. The number of rotatable bonds is 35. The number of carbonyl (C=O) groups excluding carboxylic acids is 1. The highest BCUT2D eigenvalue weighted by molar-refractivity contribution is 5.76. The lowest BCUT2D eigenvalue weighted by Crippen LogP contribution is -2.73. The molecule has 0 aromatic rings. The van der Waals surface area contributed by atoms with Crippen molar-refractivity contribution in [1.82, 2.24) is 5.32 Å². The number of unbranched alkanes of at least 4 members (excludes halogenated alkanes) is 26. The molecule has 1 amide bonds. The Bertz CT molecular complexity index is 833. The van der Waals surface area contributed by atoms with E-state index in [0.717, 1.165) is 38.5 Å². The molecule has 1 fully saturated rings. The van der Waals surface area contributed by atoms with E-state index in [-0.39, 0.29) is 12.8 Å². The summed E-state index contributed by atoms with van der Waals surface area (Å²) in [6.07, 6.45) is 23.1. The van der Waals surface area contributed by atoms with Crippen LogP contribution >= 0.6 is 0 Å². The maximum atomic E-state index is 13.0. The summed E-state index contributed by atoms with van der Waals surface area (Å²) in [4.78, 5) is 13.0. The predicted molar refractivity (Wildman–Crippen MR) is 209 cm³/mol. The van der Waals surface area contributed by atoms with Gasteiger partial charge >= 0.3 is 0 Å². The van der Waals surface area contributed by atoms with Crippen molar-refractivity contribution in [1.29, 1.82) is 0 Å². The molecule has 1 heterocycles. The molecule has 1 aliphatic rings. The van der Waals surface area contributed by atoms with Crippen molar-refractivity contribution >= 4 is 5.91 Å². The zero-order chi connectivity index (χ0) is 38.5. The Morgan fingerprint density at radius 2 is 0.962 bits per heavy atom.